The predicted octanol–water partition coefficient (Wildman–Crippen LogP) is 2.92. The van der Waals surface area contributed by atoms with Crippen LogP contribution in [0.5, 0.6) is 0 Å². The molecule has 0 unspecified atom stereocenters. The molecule has 0 aliphatic heterocycles. The lowest BCUT2D eigenvalue weighted by Crippen LogP contribution is -2.06. The third-order valence-corrected chi connectivity index (χ3v) is 3.25. The third kappa shape index (κ3) is 9.59. The molecule has 0 radical (unpaired) electrons. The molecular weight excluding hydrogens is 259 g/mol. The highest BCUT2D eigenvalue weighted by Crippen LogP contribution is 2.49. The summed E-state index contributed by atoms with van der Waals surface area (Å²) in [4.78, 5) is 10.5. The quantitative estimate of drug-likeness (QED) is 0.329. The number of carbonyl (C=O) groups is 1. The monoisotopic (exact) mass is 282 g/mol. The molecule has 0 heterocycles. The fourth-order valence-electron chi connectivity index (χ4n) is 0.969. The highest BCUT2D eigenvalue weighted by molar-refractivity contribution is 7.48. The summed E-state index contributed by atoms with van der Waals surface area (Å²) in [6, 6.07) is 0. The molecule has 0 amide bonds. The van der Waals surface area contributed by atoms with Gasteiger partial charge < -0.3 is 4.74 Å². The molecule has 0 aliphatic carbocycles. The Balaban J connectivity index is 3.92. The van der Waals surface area contributed by atoms with Crippen molar-refractivity contribution in [3.8, 4) is 0 Å². The first-order valence-corrected chi connectivity index (χ1v) is 7.67. The summed E-state index contributed by atoms with van der Waals surface area (Å²) < 4.78 is 32.1. The van der Waals surface area contributed by atoms with E-state index < -0.39 is 7.82 Å². The Kier molecular flexibility index (Phi) is 10.3. The van der Waals surface area contributed by atoms with E-state index in [1.54, 1.807) is 0 Å². The highest BCUT2D eigenvalue weighted by atomic mass is 31.2. The molecule has 0 aromatic rings. The Hall–Kier alpha value is -0.420. The maximum absolute atomic E-state index is 12.1. The molecule has 18 heavy (non-hydrogen) atoms. The Bertz CT molecular complexity index is 256. The molecule has 0 aromatic carbocycles. The number of hydrogen-bond donors (Lipinski definition) is 0. The standard InChI is InChI=1S/C11H23O6P/c1-4-7-15-18(13,16-8-5-2)17-10-6-9-14-11(3)12/h4-10H2,1-3H3. The van der Waals surface area contributed by atoms with Gasteiger partial charge in [-0.05, 0) is 12.8 Å². The van der Waals surface area contributed by atoms with E-state index in [1.807, 2.05) is 13.8 Å². The summed E-state index contributed by atoms with van der Waals surface area (Å²) in [6.45, 7) is 6.20. The van der Waals surface area contributed by atoms with Gasteiger partial charge in [0.05, 0.1) is 26.4 Å². The van der Waals surface area contributed by atoms with Crippen molar-refractivity contribution in [1.82, 2.24) is 0 Å². The molecule has 0 aromatic heterocycles. The number of ether oxygens (including phenoxy) is 1. The van der Waals surface area contributed by atoms with Crippen LogP contribution >= 0.6 is 7.82 Å². The maximum atomic E-state index is 12.1. The molecule has 0 atom stereocenters. The van der Waals surface area contributed by atoms with Crippen molar-refractivity contribution in [2.45, 2.75) is 40.0 Å². The summed E-state index contributed by atoms with van der Waals surface area (Å²) in [5, 5.41) is 0. The third-order valence-electron chi connectivity index (χ3n) is 1.75. The molecule has 7 heteroatoms. The van der Waals surface area contributed by atoms with E-state index in [-0.39, 0.29) is 19.2 Å². The van der Waals surface area contributed by atoms with Gasteiger partial charge >= 0.3 is 13.8 Å². The van der Waals surface area contributed by atoms with E-state index in [4.69, 9.17) is 18.3 Å². The highest BCUT2D eigenvalue weighted by Gasteiger charge is 2.25. The van der Waals surface area contributed by atoms with Gasteiger partial charge in [0.15, 0.2) is 0 Å². The normalized spacial score (nSPS) is 11.5. The van der Waals surface area contributed by atoms with Crippen LogP contribution in [0.15, 0.2) is 0 Å². The van der Waals surface area contributed by atoms with Gasteiger partial charge in [-0.3, -0.25) is 18.4 Å². The molecule has 0 rings (SSSR count). The second-order valence-electron chi connectivity index (χ2n) is 3.64. The molecule has 0 saturated heterocycles. The summed E-state index contributed by atoms with van der Waals surface area (Å²) in [5.74, 6) is -0.345. The van der Waals surface area contributed by atoms with Gasteiger partial charge in [-0.1, -0.05) is 13.8 Å². The van der Waals surface area contributed by atoms with Crippen LogP contribution in [0.2, 0.25) is 0 Å². The van der Waals surface area contributed by atoms with E-state index in [0.717, 1.165) is 12.8 Å². The van der Waals surface area contributed by atoms with Crippen molar-refractivity contribution < 1.29 is 27.7 Å². The largest absolute Gasteiger partial charge is 0.474 e. The smallest absolute Gasteiger partial charge is 0.466 e. The Morgan fingerprint density at radius 3 is 1.89 bits per heavy atom. The summed E-state index contributed by atoms with van der Waals surface area (Å²) >= 11 is 0. The van der Waals surface area contributed by atoms with Crippen molar-refractivity contribution in [3.05, 3.63) is 0 Å². The van der Waals surface area contributed by atoms with Gasteiger partial charge in [0, 0.05) is 13.3 Å². The lowest BCUT2D eigenvalue weighted by molar-refractivity contribution is -0.141. The number of phosphoric acid groups is 1. The molecular formula is C11H23O6P. The Labute approximate surface area is 109 Å². The van der Waals surface area contributed by atoms with E-state index >= 15 is 0 Å². The second kappa shape index (κ2) is 10.5. The lowest BCUT2D eigenvalue weighted by atomic mass is 10.5. The summed E-state index contributed by atoms with van der Waals surface area (Å²) in [5.41, 5.74) is 0. The first kappa shape index (κ1) is 17.6. The Morgan fingerprint density at radius 1 is 0.944 bits per heavy atom. The van der Waals surface area contributed by atoms with Crippen LogP contribution in [-0.4, -0.2) is 32.4 Å². The van der Waals surface area contributed by atoms with Crippen LogP contribution in [0.3, 0.4) is 0 Å². The van der Waals surface area contributed by atoms with Gasteiger partial charge in [-0.15, -0.1) is 0 Å². The fraction of sp³-hybridized carbons (Fsp3) is 0.909. The van der Waals surface area contributed by atoms with Gasteiger partial charge in [0.25, 0.3) is 0 Å². The van der Waals surface area contributed by atoms with Crippen LogP contribution in [-0.2, 0) is 27.7 Å². The van der Waals surface area contributed by atoms with Crippen LogP contribution in [0.25, 0.3) is 0 Å². The number of rotatable bonds is 11. The minimum Gasteiger partial charge on any atom is -0.466 e. The van der Waals surface area contributed by atoms with E-state index in [0.29, 0.717) is 19.6 Å². The average molecular weight is 282 g/mol. The van der Waals surface area contributed by atoms with Crippen molar-refractivity contribution >= 4 is 13.8 Å². The SMILES string of the molecule is CCCOP(=O)(OCCC)OCCCOC(C)=O. The van der Waals surface area contributed by atoms with E-state index in [9.17, 15) is 9.36 Å². The number of esters is 1. The van der Waals surface area contributed by atoms with Crippen molar-refractivity contribution in [3.63, 3.8) is 0 Å². The zero-order valence-corrected chi connectivity index (χ0v) is 12.2. The fourth-order valence-corrected chi connectivity index (χ4v) is 2.36. The maximum Gasteiger partial charge on any atom is 0.474 e. The first-order chi connectivity index (χ1) is 8.54. The molecule has 108 valence electrons. The molecule has 0 saturated carbocycles. The summed E-state index contributed by atoms with van der Waals surface area (Å²) in [7, 11) is -3.46. The predicted molar refractivity (Wildman–Crippen MR) is 67.3 cm³/mol. The van der Waals surface area contributed by atoms with Gasteiger partial charge in [0.1, 0.15) is 0 Å². The summed E-state index contributed by atoms with van der Waals surface area (Å²) in [6.07, 6.45) is 1.92. The molecule has 0 aliphatic rings. The minimum atomic E-state index is -3.46. The van der Waals surface area contributed by atoms with Crippen molar-refractivity contribution in [2.75, 3.05) is 26.4 Å². The Morgan fingerprint density at radius 2 is 1.44 bits per heavy atom. The first-order valence-electron chi connectivity index (χ1n) is 6.21. The topological polar surface area (TPSA) is 71.1 Å². The molecule has 0 spiro atoms. The zero-order valence-electron chi connectivity index (χ0n) is 11.3. The van der Waals surface area contributed by atoms with E-state index in [2.05, 4.69) is 0 Å². The van der Waals surface area contributed by atoms with E-state index in [1.165, 1.54) is 6.92 Å². The second-order valence-corrected chi connectivity index (χ2v) is 5.31. The number of carbonyl (C=O) groups excluding carboxylic acids is 1. The average Bonchev–Trinajstić information content (AvgIpc) is 2.33. The zero-order chi connectivity index (χ0) is 13.9. The van der Waals surface area contributed by atoms with Gasteiger partial charge in [-0.25, -0.2) is 4.57 Å². The number of hydrogen-bond acceptors (Lipinski definition) is 6. The van der Waals surface area contributed by atoms with Gasteiger partial charge in [-0.2, -0.15) is 0 Å². The van der Waals surface area contributed by atoms with Crippen LogP contribution in [0, 0.1) is 0 Å². The van der Waals surface area contributed by atoms with Crippen LogP contribution in [0.1, 0.15) is 40.0 Å². The lowest BCUT2D eigenvalue weighted by Gasteiger charge is -2.17. The molecule has 0 N–H and O–H groups in total. The van der Waals surface area contributed by atoms with Crippen molar-refractivity contribution in [1.29, 1.82) is 0 Å². The molecule has 6 nitrogen and oxygen atoms in total. The van der Waals surface area contributed by atoms with Gasteiger partial charge in [0.2, 0.25) is 0 Å². The molecule has 0 fully saturated rings. The van der Waals surface area contributed by atoms with Crippen molar-refractivity contribution in [2.24, 2.45) is 0 Å². The van der Waals surface area contributed by atoms with Crippen LogP contribution < -0.4 is 0 Å². The molecule has 0 bridgehead atoms. The minimum absolute atomic E-state index is 0.165. The number of phosphoric ester groups is 1. The van der Waals surface area contributed by atoms with Crippen LogP contribution in [0.4, 0.5) is 0 Å².